The normalized spacial score (nSPS) is 10.6. The summed E-state index contributed by atoms with van der Waals surface area (Å²) in [6.45, 7) is 2.72. The van der Waals surface area contributed by atoms with E-state index < -0.39 is 0 Å². The van der Waals surface area contributed by atoms with Gasteiger partial charge in [-0.05, 0) is 47.2 Å². The van der Waals surface area contributed by atoms with Gasteiger partial charge in [0.15, 0.2) is 0 Å². The van der Waals surface area contributed by atoms with Gasteiger partial charge in [0.1, 0.15) is 0 Å². The summed E-state index contributed by atoms with van der Waals surface area (Å²) in [6.07, 6.45) is 0. The minimum absolute atomic E-state index is 0.617. The van der Waals surface area contributed by atoms with Crippen molar-refractivity contribution in [2.75, 3.05) is 0 Å². The van der Waals surface area contributed by atoms with Crippen LogP contribution in [0, 0.1) is 6.92 Å². The van der Waals surface area contributed by atoms with Crippen molar-refractivity contribution in [2.45, 2.75) is 13.5 Å². The maximum absolute atomic E-state index is 5.59. The second kappa shape index (κ2) is 4.47. The number of hydrogen-bond donors (Lipinski definition) is 1. The summed E-state index contributed by atoms with van der Waals surface area (Å²) in [4.78, 5) is 1.28. The Balaban J connectivity index is 2.40. The van der Waals surface area contributed by atoms with E-state index in [2.05, 4.69) is 52.5 Å². The predicted molar refractivity (Wildman–Crippen MR) is 70.1 cm³/mol. The third-order valence-corrected chi connectivity index (χ3v) is 4.25. The Morgan fingerprint density at radius 2 is 2.13 bits per heavy atom. The van der Waals surface area contributed by atoms with E-state index in [0.717, 1.165) is 4.47 Å². The smallest absolute Gasteiger partial charge is 0.0346 e. The Kier molecular flexibility index (Phi) is 3.24. The quantitative estimate of drug-likeness (QED) is 0.887. The van der Waals surface area contributed by atoms with Crippen LogP contribution in [0.1, 0.15) is 11.1 Å². The highest BCUT2D eigenvalue weighted by Gasteiger charge is 2.03. The first kappa shape index (κ1) is 10.9. The minimum Gasteiger partial charge on any atom is -0.326 e. The summed E-state index contributed by atoms with van der Waals surface area (Å²) < 4.78 is 1.15. The highest BCUT2D eigenvalue weighted by Crippen LogP contribution is 2.29. The Bertz CT molecular complexity index is 476. The number of hydrogen-bond acceptors (Lipinski definition) is 2. The van der Waals surface area contributed by atoms with Crippen molar-refractivity contribution in [3.63, 3.8) is 0 Å². The molecule has 0 unspecified atom stereocenters. The molecule has 0 aliphatic carbocycles. The molecule has 0 saturated heterocycles. The molecule has 0 saturated carbocycles. The summed E-state index contributed by atoms with van der Waals surface area (Å²) in [7, 11) is 0. The molecule has 3 heteroatoms. The molecule has 0 amide bonds. The number of halogens is 1. The zero-order valence-corrected chi connectivity index (χ0v) is 10.9. The fraction of sp³-hybridized carbons (Fsp3) is 0.167. The molecule has 2 rings (SSSR count). The van der Waals surface area contributed by atoms with E-state index in [1.54, 1.807) is 11.3 Å². The Labute approximate surface area is 102 Å². The van der Waals surface area contributed by atoms with E-state index in [4.69, 9.17) is 5.73 Å². The standard InChI is InChI=1S/C12H12BrNS/c1-8-4-10(2-3-11(8)13)12-5-9(6-14)7-15-12/h2-5,7H,6,14H2,1H3. The topological polar surface area (TPSA) is 26.0 Å². The summed E-state index contributed by atoms with van der Waals surface area (Å²) in [6, 6.07) is 8.57. The van der Waals surface area contributed by atoms with Crippen LogP contribution in [0.5, 0.6) is 0 Å². The van der Waals surface area contributed by atoms with Gasteiger partial charge in [-0.25, -0.2) is 0 Å². The van der Waals surface area contributed by atoms with Crippen molar-refractivity contribution in [3.8, 4) is 10.4 Å². The molecule has 2 aromatic rings. The molecule has 1 heterocycles. The Hall–Kier alpha value is -0.640. The van der Waals surface area contributed by atoms with Crippen LogP contribution >= 0.6 is 27.3 Å². The molecule has 0 radical (unpaired) electrons. The zero-order chi connectivity index (χ0) is 10.8. The number of thiophene rings is 1. The van der Waals surface area contributed by atoms with E-state index >= 15 is 0 Å². The van der Waals surface area contributed by atoms with E-state index in [0.29, 0.717) is 6.54 Å². The summed E-state index contributed by atoms with van der Waals surface area (Å²) in [5.74, 6) is 0. The molecule has 0 atom stereocenters. The fourth-order valence-electron chi connectivity index (χ4n) is 1.43. The molecule has 0 aliphatic heterocycles. The maximum Gasteiger partial charge on any atom is 0.0346 e. The van der Waals surface area contributed by atoms with Crippen LogP contribution < -0.4 is 5.73 Å². The lowest BCUT2D eigenvalue weighted by atomic mass is 10.1. The lowest BCUT2D eigenvalue weighted by molar-refractivity contribution is 1.08. The van der Waals surface area contributed by atoms with Gasteiger partial charge in [-0.1, -0.05) is 22.0 Å². The van der Waals surface area contributed by atoms with Gasteiger partial charge in [-0.2, -0.15) is 0 Å². The van der Waals surface area contributed by atoms with Crippen molar-refractivity contribution < 1.29 is 0 Å². The molecule has 1 aromatic carbocycles. The molecule has 0 aliphatic rings. The average Bonchev–Trinajstić information content (AvgIpc) is 2.70. The van der Waals surface area contributed by atoms with Crippen molar-refractivity contribution in [1.82, 2.24) is 0 Å². The second-order valence-corrected chi connectivity index (χ2v) is 5.25. The van der Waals surface area contributed by atoms with Crippen LogP contribution in [0.4, 0.5) is 0 Å². The lowest BCUT2D eigenvalue weighted by Gasteiger charge is -2.01. The summed E-state index contributed by atoms with van der Waals surface area (Å²) >= 11 is 5.25. The lowest BCUT2D eigenvalue weighted by Crippen LogP contribution is -1.92. The van der Waals surface area contributed by atoms with Crippen LogP contribution in [0.2, 0.25) is 0 Å². The molecule has 0 spiro atoms. The molecular formula is C12H12BrNS. The second-order valence-electron chi connectivity index (χ2n) is 3.49. The maximum atomic E-state index is 5.59. The third kappa shape index (κ3) is 2.30. The van der Waals surface area contributed by atoms with Crippen molar-refractivity contribution in [1.29, 1.82) is 0 Å². The van der Waals surface area contributed by atoms with E-state index in [-0.39, 0.29) is 0 Å². The van der Waals surface area contributed by atoms with Crippen molar-refractivity contribution in [2.24, 2.45) is 5.73 Å². The number of rotatable bonds is 2. The summed E-state index contributed by atoms with van der Waals surface area (Å²) in [5.41, 5.74) is 9.32. The van der Waals surface area contributed by atoms with Crippen LogP contribution in [0.25, 0.3) is 10.4 Å². The van der Waals surface area contributed by atoms with Crippen LogP contribution in [-0.4, -0.2) is 0 Å². The molecule has 0 bridgehead atoms. The highest BCUT2D eigenvalue weighted by atomic mass is 79.9. The molecule has 1 nitrogen and oxygen atoms in total. The van der Waals surface area contributed by atoms with Gasteiger partial charge in [0, 0.05) is 15.9 Å². The SMILES string of the molecule is Cc1cc(-c2cc(CN)cs2)ccc1Br. The van der Waals surface area contributed by atoms with E-state index in [9.17, 15) is 0 Å². The molecule has 1 aromatic heterocycles. The van der Waals surface area contributed by atoms with E-state index in [1.165, 1.54) is 21.6 Å². The monoisotopic (exact) mass is 281 g/mol. The van der Waals surface area contributed by atoms with Crippen molar-refractivity contribution in [3.05, 3.63) is 45.2 Å². The molecule has 0 fully saturated rings. The van der Waals surface area contributed by atoms with Crippen LogP contribution in [-0.2, 0) is 6.54 Å². The first-order valence-corrected chi connectivity index (χ1v) is 6.42. The molecule has 2 N–H and O–H groups in total. The van der Waals surface area contributed by atoms with Gasteiger partial charge in [0.2, 0.25) is 0 Å². The predicted octanol–water partition coefficient (Wildman–Crippen LogP) is 3.94. The Morgan fingerprint density at radius 1 is 1.33 bits per heavy atom. The van der Waals surface area contributed by atoms with Gasteiger partial charge < -0.3 is 5.73 Å². The van der Waals surface area contributed by atoms with Gasteiger partial charge >= 0.3 is 0 Å². The number of aryl methyl sites for hydroxylation is 1. The van der Waals surface area contributed by atoms with Crippen molar-refractivity contribution >= 4 is 27.3 Å². The zero-order valence-electron chi connectivity index (χ0n) is 8.46. The van der Waals surface area contributed by atoms with Crippen LogP contribution in [0.15, 0.2) is 34.1 Å². The minimum atomic E-state index is 0.617. The molecular weight excluding hydrogens is 270 g/mol. The largest absolute Gasteiger partial charge is 0.326 e. The first-order valence-electron chi connectivity index (χ1n) is 4.74. The summed E-state index contributed by atoms with van der Waals surface area (Å²) in [5, 5.41) is 2.12. The molecule has 78 valence electrons. The molecule has 15 heavy (non-hydrogen) atoms. The van der Waals surface area contributed by atoms with Gasteiger partial charge in [0.25, 0.3) is 0 Å². The third-order valence-electron chi connectivity index (χ3n) is 2.33. The van der Waals surface area contributed by atoms with E-state index in [1.807, 2.05) is 0 Å². The number of nitrogens with two attached hydrogens (primary N) is 1. The average molecular weight is 282 g/mol. The van der Waals surface area contributed by atoms with Gasteiger partial charge in [0.05, 0.1) is 0 Å². The number of benzene rings is 1. The highest BCUT2D eigenvalue weighted by molar-refractivity contribution is 9.10. The fourth-order valence-corrected chi connectivity index (χ4v) is 2.60. The van der Waals surface area contributed by atoms with Crippen LogP contribution in [0.3, 0.4) is 0 Å². The van der Waals surface area contributed by atoms with Gasteiger partial charge in [-0.3, -0.25) is 0 Å². The first-order chi connectivity index (χ1) is 7.20. The van der Waals surface area contributed by atoms with Gasteiger partial charge in [-0.15, -0.1) is 11.3 Å². The Morgan fingerprint density at radius 3 is 2.73 bits per heavy atom.